The minimum Gasteiger partial charge on any atom is -0.465 e. The van der Waals surface area contributed by atoms with Crippen LogP contribution < -0.4 is 16.0 Å². The van der Waals surface area contributed by atoms with Crippen molar-refractivity contribution in [1.29, 1.82) is 0 Å². The number of aromatic nitrogens is 2. The van der Waals surface area contributed by atoms with Gasteiger partial charge in [0.25, 0.3) is 0 Å². The first-order chi connectivity index (χ1) is 31.1. The molecule has 2 aliphatic rings. The lowest BCUT2D eigenvalue weighted by molar-refractivity contribution is -0.136. The number of aliphatic hydroxyl groups is 1. The van der Waals surface area contributed by atoms with E-state index in [9.17, 15) is 29.4 Å². The molecule has 0 unspecified atom stereocenters. The number of fused-ring (bicyclic) bond motifs is 3. The average Bonchev–Trinajstić information content (AvgIpc) is 3.92. The first kappa shape index (κ1) is 48.7. The van der Waals surface area contributed by atoms with Crippen molar-refractivity contribution < 1.29 is 34.1 Å². The molecule has 6 atom stereocenters. The Morgan fingerprint density at radius 1 is 0.846 bits per heavy atom. The molecule has 1 saturated carbocycles. The molecule has 0 aliphatic heterocycles. The highest BCUT2D eigenvalue weighted by molar-refractivity contribution is 5.94. The Balaban J connectivity index is 1.32. The third-order valence-electron chi connectivity index (χ3n) is 12.9. The number of nitrogens with zero attached hydrogens (tertiary/aromatic N) is 2. The summed E-state index contributed by atoms with van der Waals surface area (Å²) in [4.78, 5) is 66.3. The molecular weight excluding hydrogens is 821 g/mol. The van der Waals surface area contributed by atoms with Crippen LogP contribution in [0.1, 0.15) is 108 Å². The number of aromatic amines is 1. The Morgan fingerprint density at radius 2 is 1.43 bits per heavy atom. The van der Waals surface area contributed by atoms with Crippen molar-refractivity contribution in [2.75, 3.05) is 6.61 Å². The quantitative estimate of drug-likeness (QED) is 0.0459. The summed E-state index contributed by atoms with van der Waals surface area (Å²) in [5.74, 6) is -1.27. The van der Waals surface area contributed by atoms with E-state index in [1.54, 1.807) is 6.20 Å². The fourth-order valence-electron chi connectivity index (χ4n) is 9.35. The number of imidazole rings is 1. The number of nitrogens with one attached hydrogen (secondary N) is 4. The van der Waals surface area contributed by atoms with Crippen molar-refractivity contribution in [3.8, 4) is 11.1 Å². The molecule has 1 aromatic heterocycles. The molecule has 65 heavy (non-hydrogen) atoms. The molecule has 348 valence electrons. The number of ether oxygens (including phenoxy) is 1. The monoisotopic (exact) mass is 889 g/mol. The fraction of sp³-hybridized carbons (Fsp3) is 0.481. The molecule has 4 aromatic rings. The maximum Gasteiger partial charge on any atom is 0.408 e. The van der Waals surface area contributed by atoms with Crippen molar-refractivity contribution >= 4 is 23.8 Å². The molecule has 0 bridgehead atoms. The Kier molecular flexibility index (Phi) is 16.8. The summed E-state index contributed by atoms with van der Waals surface area (Å²) < 4.78 is 6.19. The second-order valence-electron chi connectivity index (χ2n) is 19.1. The molecule has 13 nitrogen and oxygen atoms in total. The highest BCUT2D eigenvalue weighted by atomic mass is 16.5. The third-order valence-corrected chi connectivity index (χ3v) is 12.9. The van der Waals surface area contributed by atoms with Crippen LogP contribution in [-0.4, -0.2) is 91.4 Å². The van der Waals surface area contributed by atoms with Gasteiger partial charge in [-0.2, -0.15) is 0 Å². The minimum atomic E-state index is -1.41. The molecule has 1 fully saturated rings. The first-order valence-electron chi connectivity index (χ1n) is 23.2. The number of amides is 4. The predicted octanol–water partition coefficient (Wildman–Crippen LogP) is 7.76. The van der Waals surface area contributed by atoms with Gasteiger partial charge in [0.05, 0.1) is 42.4 Å². The number of carboxylic acid groups (broad SMARTS) is 1. The number of allylic oxidation sites excluding steroid dienone is 1. The zero-order valence-corrected chi connectivity index (χ0v) is 38.5. The van der Waals surface area contributed by atoms with E-state index >= 15 is 0 Å². The van der Waals surface area contributed by atoms with Crippen LogP contribution in [0.3, 0.4) is 0 Å². The van der Waals surface area contributed by atoms with Crippen LogP contribution in [0.2, 0.25) is 0 Å². The van der Waals surface area contributed by atoms with Gasteiger partial charge in [-0.05, 0) is 79.2 Å². The van der Waals surface area contributed by atoms with Gasteiger partial charge in [0.2, 0.25) is 17.7 Å². The number of carbonyl (C=O) groups is 4. The maximum atomic E-state index is 14.9. The van der Waals surface area contributed by atoms with Gasteiger partial charge in [-0.1, -0.05) is 131 Å². The van der Waals surface area contributed by atoms with Crippen molar-refractivity contribution in [3.05, 3.63) is 126 Å². The van der Waals surface area contributed by atoms with E-state index in [4.69, 9.17) is 4.74 Å². The van der Waals surface area contributed by atoms with Gasteiger partial charge in [-0.25, -0.2) is 9.78 Å². The van der Waals surface area contributed by atoms with Crippen molar-refractivity contribution in [2.24, 2.45) is 17.8 Å². The molecule has 13 heteroatoms. The Morgan fingerprint density at radius 3 is 2.00 bits per heavy atom. The van der Waals surface area contributed by atoms with E-state index < -0.39 is 65.7 Å². The second-order valence-corrected chi connectivity index (χ2v) is 19.1. The van der Waals surface area contributed by atoms with Gasteiger partial charge in [0.15, 0.2) is 0 Å². The van der Waals surface area contributed by atoms with Crippen LogP contribution >= 0.6 is 0 Å². The standard InChI is InChI=1S/C52H68N6O7/c1-7-36(33(2)3)28-46(59)42(26-34-18-10-8-11-19-34)55-49(61)44(29-37-30-53-32-54-37)56-48(60)43(27-35-20-12-9-13-21-35)57-50(62)45(31-65-52(4,5)6)58(51(63)64)47-40-24-16-14-22-38(40)39-23-15-17-25-41(39)47/h7,9,12-17,20-25,30,32-34,36,42-47,59H,1,8,10-11,18-19,26-29,31H2,2-6H3,(H,53,54)(H,55,61)(H,56,60)(H,57,62)(H,63,64)/t36-,42-,43-,44-,45-,46+/m0/s1. The van der Waals surface area contributed by atoms with Crippen molar-refractivity contribution in [2.45, 2.75) is 134 Å². The summed E-state index contributed by atoms with van der Waals surface area (Å²) in [6.45, 7) is 13.3. The summed E-state index contributed by atoms with van der Waals surface area (Å²) in [6.07, 6.45) is 9.29. The van der Waals surface area contributed by atoms with E-state index in [1.807, 2.05) is 106 Å². The van der Waals surface area contributed by atoms with Crippen LogP contribution in [0.5, 0.6) is 0 Å². The normalized spacial score (nSPS) is 16.8. The van der Waals surface area contributed by atoms with E-state index in [-0.39, 0.29) is 31.3 Å². The summed E-state index contributed by atoms with van der Waals surface area (Å²) in [5, 5.41) is 31.8. The van der Waals surface area contributed by atoms with Crippen molar-refractivity contribution in [1.82, 2.24) is 30.8 Å². The van der Waals surface area contributed by atoms with Gasteiger partial charge >= 0.3 is 6.09 Å². The lowest BCUT2D eigenvalue weighted by atomic mass is 9.81. The molecule has 2 aliphatic carbocycles. The number of rotatable bonds is 21. The molecule has 6 N–H and O–H groups in total. The minimum absolute atomic E-state index is 0.0237. The van der Waals surface area contributed by atoms with Crippen molar-refractivity contribution in [3.63, 3.8) is 0 Å². The number of H-pyrrole nitrogens is 1. The molecule has 0 spiro atoms. The van der Waals surface area contributed by atoms with Crippen LogP contribution in [0.25, 0.3) is 11.1 Å². The summed E-state index contributed by atoms with van der Waals surface area (Å²) in [7, 11) is 0. The maximum absolute atomic E-state index is 14.9. The SMILES string of the molecule is C=C[C@@H](C[C@@H](O)[C@H](CC1CCCCC1)NC(=O)[C@H](Cc1c[nH]cn1)NC(=O)[C@H](Cc1ccccc1)NC(=O)[C@H](COC(C)(C)C)N(C(=O)O)C1c2ccccc2-c2ccccc21)C(C)C. The lowest BCUT2D eigenvalue weighted by Gasteiger charge is -2.36. The molecule has 4 amide bonds. The van der Waals surface area contributed by atoms with E-state index in [0.717, 1.165) is 58.4 Å². The van der Waals surface area contributed by atoms with Gasteiger partial charge in [-0.3, -0.25) is 19.3 Å². The highest BCUT2D eigenvalue weighted by Gasteiger charge is 2.43. The zero-order chi connectivity index (χ0) is 46.7. The third kappa shape index (κ3) is 12.9. The van der Waals surface area contributed by atoms with E-state index in [2.05, 4.69) is 46.3 Å². The van der Waals surface area contributed by atoms with Crippen LogP contribution in [0.15, 0.2) is 104 Å². The summed E-state index contributed by atoms with van der Waals surface area (Å²) >= 11 is 0. The highest BCUT2D eigenvalue weighted by Crippen LogP contribution is 2.47. The Hall–Kier alpha value is -5.79. The molecule has 0 radical (unpaired) electrons. The topological polar surface area (TPSA) is 186 Å². The lowest BCUT2D eigenvalue weighted by Crippen LogP contribution is -2.60. The van der Waals surface area contributed by atoms with Gasteiger partial charge in [0, 0.05) is 19.0 Å². The summed E-state index contributed by atoms with van der Waals surface area (Å²) in [5.41, 5.74) is 3.71. The van der Waals surface area contributed by atoms with E-state index in [0.29, 0.717) is 24.5 Å². The average molecular weight is 889 g/mol. The number of hydrogen-bond acceptors (Lipinski definition) is 7. The van der Waals surface area contributed by atoms with Gasteiger partial charge < -0.3 is 35.9 Å². The Bertz CT molecular complexity index is 2150. The molecule has 6 rings (SSSR count). The zero-order valence-electron chi connectivity index (χ0n) is 38.5. The molecule has 3 aromatic carbocycles. The van der Waals surface area contributed by atoms with Crippen LogP contribution in [0.4, 0.5) is 4.79 Å². The smallest absolute Gasteiger partial charge is 0.408 e. The van der Waals surface area contributed by atoms with Gasteiger partial charge in [-0.15, -0.1) is 6.58 Å². The first-order valence-corrected chi connectivity index (χ1v) is 23.2. The molecule has 1 heterocycles. The van der Waals surface area contributed by atoms with E-state index in [1.165, 1.54) is 12.7 Å². The number of benzene rings is 3. The number of hydrogen-bond donors (Lipinski definition) is 6. The number of carbonyl (C=O) groups excluding carboxylic acids is 3. The number of aliphatic hydroxyl groups excluding tert-OH is 1. The summed E-state index contributed by atoms with van der Waals surface area (Å²) in [6, 6.07) is 19.0. The molecular formula is C52H68N6O7. The van der Waals surface area contributed by atoms with Gasteiger partial charge in [0.1, 0.15) is 18.1 Å². The van der Waals surface area contributed by atoms with Crippen LogP contribution in [-0.2, 0) is 32.0 Å². The fourth-order valence-corrected chi connectivity index (χ4v) is 9.35. The van der Waals surface area contributed by atoms with Crippen LogP contribution in [0, 0.1) is 17.8 Å². The largest absolute Gasteiger partial charge is 0.465 e. The molecule has 0 saturated heterocycles. The predicted molar refractivity (Wildman–Crippen MR) is 252 cm³/mol. The Labute approximate surface area is 383 Å². The second kappa shape index (κ2) is 22.4.